The number of aldehydes is 1. The number of rotatable bonds is 2. The molecule has 5 heteroatoms. The van der Waals surface area contributed by atoms with Gasteiger partial charge in [0.15, 0.2) is 11.4 Å². The van der Waals surface area contributed by atoms with Gasteiger partial charge in [0.2, 0.25) is 0 Å². The second kappa shape index (κ2) is 4.06. The van der Waals surface area contributed by atoms with Crippen molar-refractivity contribution in [2.45, 2.75) is 18.1 Å². The van der Waals surface area contributed by atoms with Gasteiger partial charge in [0.1, 0.15) is 5.69 Å². The highest BCUT2D eigenvalue weighted by atomic mass is 32.2. The van der Waals surface area contributed by atoms with Crippen LogP contribution in [0.1, 0.15) is 21.7 Å². The lowest BCUT2D eigenvalue weighted by Crippen LogP contribution is -2.26. The highest BCUT2D eigenvalue weighted by Crippen LogP contribution is 2.18. The van der Waals surface area contributed by atoms with Gasteiger partial charge in [-0.3, -0.25) is 4.79 Å². The minimum absolute atomic E-state index is 0.534. The average Bonchev–Trinajstić information content (AvgIpc) is 2.27. The highest BCUT2D eigenvalue weighted by Gasteiger charge is 2.16. The SMILES string of the molecule is CSc1nc(C=O)c2c(n1)CCNC2. The monoisotopic (exact) mass is 209 g/mol. The third kappa shape index (κ3) is 1.65. The summed E-state index contributed by atoms with van der Waals surface area (Å²) >= 11 is 1.47. The lowest BCUT2D eigenvalue weighted by molar-refractivity contribution is 0.111. The van der Waals surface area contributed by atoms with Crippen LogP contribution in [-0.2, 0) is 13.0 Å². The summed E-state index contributed by atoms with van der Waals surface area (Å²) in [5.41, 5.74) is 2.51. The topological polar surface area (TPSA) is 54.9 Å². The van der Waals surface area contributed by atoms with Crippen LogP contribution in [0.2, 0.25) is 0 Å². The second-order valence-electron chi connectivity index (χ2n) is 3.07. The predicted octanol–water partition coefficient (Wildman–Crippen LogP) is 0.657. The summed E-state index contributed by atoms with van der Waals surface area (Å²) in [6.45, 7) is 1.63. The first-order valence-electron chi connectivity index (χ1n) is 4.45. The molecule has 1 N–H and O–H groups in total. The Balaban J connectivity index is 2.52. The van der Waals surface area contributed by atoms with Gasteiger partial charge in [-0.25, -0.2) is 9.97 Å². The fourth-order valence-corrected chi connectivity index (χ4v) is 1.93. The molecule has 4 nitrogen and oxygen atoms in total. The summed E-state index contributed by atoms with van der Waals surface area (Å²) in [5, 5.41) is 3.90. The Morgan fingerprint density at radius 1 is 1.50 bits per heavy atom. The number of hydrogen-bond acceptors (Lipinski definition) is 5. The van der Waals surface area contributed by atoms with Crippen LogP contribution in [-0.4, -0.2) is 29.1 Å². The Bertz CT molecular complexity index is 367. The summed E-state index contributed by atoms with van der Waals surface area (Å²) in [5.74, 6) is 0. The second-order valence-corrected chi connectivity index (χ2v) is 3.84. The molecule has 0 saturated heterocycles. The molecule has 0 atom stereocenters. The largest absolute Gasteiger partial charge is 0.312 e. The van der Waals surface area contributed by atoms with Gasteiger partial charge in [-0.05, 0) is 6.26 Å². The molecule has 2 rings (SSSR count). The first-order chi connectivity index (χ1) is 6.85. The number of thioether (sulfide) groups is 1. The number of carbonyl (C=O) groups excluding carboxylic acids is 1. The maximum Gasteiger partial charge on any atom is 0.188 e. The summed E-state index contributed by atoms with van der Waals surface area (Å²) in [6.07, 6.45) is 3.61. The van der Waals surface area contributed by atoms with Crippen LogP contribution >= 0.6 is 11.8 Å². The van der Waals surface area contributed by atoms with E-state index in [4.69, 9.17) is 0 Å². The Hall–Kier alpha value is -0.940. The van der Waals surface area contributed by atoms with Gasteiger partial charge in [-0.1, -0.05) is 11.8 Å². The van der Waals surface area contributed by atoms with Crippen LogP contribution in [0.5, 0.6) is 0 Å². The van der Waals surface area contributed by atoms with Crippen LogP contribution in [0.4, 0.5) is 0 Å². The first-order valence-corrected chi connectivity index (χ1v) is 5.67. The molecule has 1 aromatic rings. The molecule has 0 aliphatic carbocycles. The number of carbonyl (C=O) groups is 1. The van der Waals surface area contributed by atoms with Crippen LogP contribution < -0.4 is 5.32 Å². The van der Waals surface area contributed by atoms with Crippen LogP contribution in [0.25, 0.3) is 0 Å². The molecule has 0 spiro atoms. The smallest absolute Gasteiger partial charge is 0.188 e. The van der Waals surface area contributed by atoms with Crippen molar-refractivity contribution in [3.63, 3.8) is 0 Å². The zero-order chi connectivity index (χ0) is 9.97. The molecular formula is C9H11N3OS. The number of fused-ring (bicyclic) bond motifs is 1. The van der Waals surface area contributed by atoms with Crippen molar-refractivity contribution in [3.8, 4) is 0 Å². The van der Waals surface area contributed by atoms with Crippen LogP contribution in [0.15, 0.2) is 5.16 Å². The first kappa shape index (κ1) is 9.61. The third-order valence-corrected chi connectivity index (χ3v) is 2.79. The normalized spacial score (nSPS) is 14.9. The predicted molar refractivity (Wildman–Crippen MR) is 54.6 cm³/mol. The molecule has 0 fully saturated rings. The van der Waals surface area contributed by atoms with Crippen molar-refractivity contribution in [1.29, 1.82) is 0 Å². The Morgan fingerprint density at radius 3 is 3.07 bits per heavy atom. The molecule has 0 amide bonds. The summed E-state index contributed by atoms with van der Waals surface area (Å²) in [6, 6.07) is 0. The highest BCUT2D eigenvalue weighted by molar-refractivity contribution is 7.98. The van der Waals surface area contributed by atoms with Crippen molar-refractivity contribution >= 4 is 18.0 Å². The summed E-state index contributed by atoms with van der Waals surface area (Å²) in [4.78, 5) is 19.4. The zero-order valence-electron chi connectivity index (χ0n) is 7.91. The van der Waals surface area contributed by atoms with Gasteiger partial charge in [-0.15, -0.1) is 0 Å². The van der Waals surface area contributed by atoms with Gasteiger partial charge in [0, 0.05) is 25.1 Å². The number of hydrogen-bond donors (Lipinski definition) is 1. The minimum atomic E-state index is 0.534. The van der Waals surface area contributed by atoms with E-state index in [0.29, 0.717) is 17.4 Å². The van der Waals surface area contributed by atoms with Crippen molar-refractivity contribution in [1.82, 2.24) is 15.3 Å². The molecule has 0 unspecified atom stereocenters. The van der Waals surface area contributed by atoms with E-state index in [2.05, 4.69) is 15.3 Å². The minimum Gasteiger partial charge on any atom is -0.312 e. The van der Waals surface area contributed by atoms with E-state index < -0.39 is 0 Å². The van der Waals surface area contributed by atoms with Crippen molar-refractivity contribution < 1.29 is 4.79 Å². The number of nitrogens with zero attached hydrogens (tertiary/aromatic N) is 2. The molecule has 74 valence electrons. The molecule has 1 aliphatic rings. The van der Waals surface area contributed by atoms with Gasteiger partial charge in [0.05, 0.1) is 5.69 Å². The van der Waals surface area contributed by atoms with E-state index in [9.17, 15) is 4.79 Å². The molecule has 14 heavy (non-hydrogen) atoms. The van der Waals surface area contributed by atoms with Gasteiger partial charge >= 0.3 is 0 Å². The van der Waals surface area contributed by atoms with E-state index in [-0.39, 0.29) is 0 Å². The maximum absolute atomic E-state index is 10.8. The molecule has 1 aromatic heterocycles. The van der Waals surface area contributed by atoms with Crippen molar-refractivity contribution in [2.24, 2.45) is 0 Å². The van der Waals surface area contributed by atoms with Crippen LogP contribution in [0, 0.1) is 0 Å². The fraction of sp³-hybridized carbons (Fsp3) is 0.444. The fourth-order valence-electron chi connectivity index (χ4n) is 1.53. The van der Waals surface area contributed by atoms with Gasteiger partial charge in [-0.2, -0.15) is 0 Å². The molecule has 0 aromatic carbocycles. The molecule has 0 bridgehead atoms. The van der Waals surface area contributed by atoms with E-state index in [1.807, 2.05) is 6.26 Å². The number of aromatic nitrogens is 2. The standard InChI is InChI=1S/C9H11N3OS/c1-14-9-11-7-2-3-10-4-6(7)8(5-13)12-9/h5,10H,2-4H2,1H3. The number of nitrogens with one attached hydrogen (secondary N) is 1. The summed E-state index contributed by atoms with van der Waals surface area (Å²) in [7, 11) is 0. The third-order valence-electron chi connectivity index (χ3n) is 2.24. The van der Waals surface area contributed by atoms with Gasteiger partial charge < -0.3 is 5.32 Å². The zero-order valence-corrected chi connectivity index (χ0v) is 8.73. The quantitative estimate of drug-likeness (QED) is 0.440. The Morgan fingerprint density at radius 2 is 2.36 bits per heavy atom. The van der Waals surface area contributed by atoms with E-state index in [0.717, 1.165) is 30.5 Å². The van der Waals surface area contributed by atoms with Gasteiger partial charge in [0.25, 0.3) is 0 Å². The molecular weight excluding hydrogens is 198 g/mol. The van der Waals surface area contributed by atoms with E-state index in [1.165, 1.54) is 11.8 Å². The maximum atomic E-state index is 10.8. The lowest BCUT2D eigenvalue weighted by atomic mass is 10.1. The molecule has 1 aliphatic heterocycles. The Kier molecular flexibility index (Phi) is 2.79. The average molecular weight is 209 g/mol. The molecule has 0 saturated carbocycles. The van der Waals surface area contributed by atoms with E-state index >= 15 is 0 Å². The molecule has 2 heterocycles. The van der Waals surface area contributed by atoms with Crippen LogP contribution in [0.3, 0.4) is 0 Å². The van der Waals surface area contributed by atoms with E-state index in [1.54, 1.807) is 0 Å². The van der Waals surface area contributed by atoms with Crippen molar-refractivity contribution in [2.75, 3.05) is 12.8 Å². The van der Waals surface area contributed by atoms with Crippen molar-refractivity contribution in [3.05, 3.63) is 17.0 Å². The lowest BCUT2D eigenvalue weighted by Gasteiger charge is -2.17. The Labute approximate surface area is 86.5 Å². The summed E-state index contributed by atoms with van der Waals surface area (Å²) < 4.78 is 0. The molecule has 0 radical (unpaired) electrons.